The summed E-state index contributed by atoms with van der Waals surface area (Å²) in [6.45, 7) is 0.711. The number of carbonyl (C=O) groups is 1. The van der Waals surface area contributed by atoms with Crippen LogP contribution >= 0.6 is 0 Å². The Kier molecular flexibility index (Phi) is 5.79. The van der Waals surface area contributed by atoms with Gasteiger partial charge in [0.2, 0.25) is 5.95 Å². The molecule has 0 spiro atoms. The molecule has 2 aromatic carbocycles. The van der Waals surface area contributed by atoms with Crippen molar-refractivity contribution in [3.8, 4) is 17.0 Å². The quantitative estimate of drug-likeness (QED) is 0.533. The normalized spacial score (nSPS) is 13.0. The lowest BCUT2D eigenvalue weighted by atomic mass is 10.1. The molecule has 1 amide bonds. The molecule has 1 aliphatic carbocycles. The number of nitrogens with two attached hydrogens (primary N) is 1. The van der Waals surface area contributed by atoms with Crippen LogP contribution in [0, 0.1) is 0 Å². The molecule has 0 radical (unpaired) electrons. The van der Waals surface area contributed by atoms with Crippen molar-refractivity contribution in [2.75, 3.05) is 24.7 Å². The van der Waals surface area contributed by atoms with Gasteiger partial charge in [0, 0.05) is 29.8 Å². The van der Waals surface area contributed by atoms with Crippen LogP contribution in [0.4, 0.5) is 11.8 Å². The molecule has 1 fully saturated rings. The van der Waals surface area contributed by atoms with E-state index in [4.69, 9.17) is 10.5 Å². The van der Waals surface area contributed by atoms with Crippen molar-refractivity contribution in [1.82, 2.24) is 15.3 Å². The highest BCUT2D eigenvalue weighted by atomic mass is 16.5. The van der Waals surface area contributed by atoms with Gasteiger partial charge in [0.05, 0.1) is 12.8 Å². The maximum atomic E-state index is 12.1. The van der Waals surface area contributed by atoms with Gasteiger partial charge >= 0.3 is 0 Å². The van der Waals surface area contributed by atoms with Gasteiger partial charge in [0.1, 0.15) is 11.6 Å². The van der Waals surface area contributed by atoms with Crippen LogP contribution in [-0.2, 0) is 6.42 Å². The fourth-order valence-corrected chi connectivity index (χ4v) is 3.12. The van der Waals surface area contributed by atoms with Crippen LogP contribution in [0.15, 0.2) is 54.6 Å². The summed E-state index contributed by atoms with van der Waals surface area (Å²) in [6.07, 6.45) is 2.98. The molecule has 1 saturated carbocycles. The minimum absolute atomic E-state index is 0.0351. The zero-order valence-electron chi connectivity index (χ0n) is 16.9. The van der Waals surface area contributed by atoms with Crippen molar-refractivity contribution in [3.63, 3.8) is 0 Å². The molecule has 3 aromatic rings. The Morgan fingerprint density at radius 2 is 1.83 bits per heavy atom. The predicted octanol–water partition coefficient (Wildman–Crippen LogP) is 3.28. The maximum absolute atomic E-state index is 12.1. The number of rotatable bonds is 8. The zero-order valence-corrected chi connectivity index (χ0v) is 16.9. The summed E-state index contributed by atoms with van der Waals surface area (Å²) in [5.74, 6) is 1.68. The SMILES string of the molecule is COc1ccc(CCNc2cc(-c3ccc(C(=O)NC4CC4)cc3)nc(N)n2)cc1. The van der Waals surface area contributed by atoms with Gasteiger partial charge in [-0.2, -0.15) is 4.98 Å². The van der Waals surface area contributed by atoms with E-state index in [1.807, 2.05) is 54.6 Å². The number of ether oxygens (including phenoxy) is 1. The van der Waals surface area contributed by atoms with Crippen LogP contribution in [0.5, 0.6) is 5.75 Å². The molecule has 0 aliphatic heterocycles. The third-order valence-electron chi connectivity index (χ3n) is 4.98. The number of hydrogen-bond donors (Lipinski definition) is 3. The molecule has 7 heteroatoms. The zero-order chi connectivity index (χ0) is 20.9. The number of carbonyl (C=O) groups excluding carboxylic acids is 1. The van der Waals surface area contributed by atoms with E-state index < -0.39 is 0 Å². The summed E-state index contributed by atoms with van der Waals surface area (Å²) < 4.78 is 5.18. The van der Waals surface area contributed by atoms with Gasteiger partial charge < -0.3 is 21.1 Å². The molecule has 0 bridgehead atoms. The van der Waals surface area contributed by atoms with Gasteiger partial charge in [0.15, 0.2) is 0 Å². The van der Waals surface area contributed by atoms with Crippen molar-refractivity contribution < 1.29 is 9.53 Å². The molecular formula is C23H25N5O2. The molecule has 0 atom stereocenters. The number of nitrogens with zero attached hydrogens (tertiary/aromatic N) is 2. The van der Waals surface area contributed by atoms with E-state index in [0.717, 1.165) is 30.6 Å². The number of benzene rings is 2. The minimum Gasteiger partial charge on any atom is -0.497 e. The van der Waals surface area contributed by atoms with Crippen molar-refractivity contribution in [3.05, 3.63) is 65.7 Å². The smallest absolute Gasteiger partial charge is 0.251 e. The van der Waals surface area contributed by atoms with E-state index >= 15 is 0 Å². The first kappa shape index (κ1) is 19.7. The van der Waals surface area contributed by atoms with E-state index in [1.54, 1.807) is 7.11 Å². The molecule has 1 aromatic heterocycles. The van der Waals surface area contributed by atoms with Gasteiger partial charge in [-0.05, 0) is 49.1 Å². The van der Waals surface area contributed by atoms with Crippen molar-refractivity contribution in [1.29, 1.82) is 0 Å². The van der Waals surface area contributed by atoms with Crippen LogP contribution < -0.4 is 21.1 Å². The fraction of sp³-hybridized carbons (Fsp3) is 0.261. The van der Waals surface area contributed by atoms with Gasteiger partial charge in [-0.15, -0.1) is 0 Å². The summed E-state index contributed by atoms with van der Waals surface area (Å²) >= 11 is 0. The Balaban J connectivity index is 1.40. The molecule has 1 heterocycles. The highest BCUT2D eigenvalue weighted by Gasteiger charge is 2.23. The van der Waals surface area contributed by atoms with Gasteiger partial charge in [-0.25, -0.2) is 4.98 Å². The minimum atomic E-state index is -0.0351. The second kappa shape index (κ2) is 8.82. The van der Waals surface area contributed by atoms with Crippen LogP contribution in [0.25, 0.3) is 11.3 Å². The molecule has 7 nitrogen and oxygen atoms in total. The first-order valence-corrected chi connectivity index (χ1v) is 10.0. The van der Waals surface area contributed by atoms with Crippen molar-refractivity contribution in [2.45, 2.75) is 25.3 Å². The van der Waals surface area contributed by atoms with Gasteiger partial charge in [-0.1, -0.05) is 24.3 Å². The van der Waals surface area contributed by atoms with Gasteiger partial charge in [0.25, 0.3) is 5.91 Å². The predicted molar refractivity (Wildman–Crippen MR) is 118 cm³/mol. The highest BCUT2D eigenvalue weighted by Crippen LogP contribution is 2.23. The number of nitrogens with one attached hydrogen (secondary N) is 2. The highest BCUT2D eigenvalue weighted by molar-refractivity contribution is 5.95. The van der Waals surface area contributed by atoms with E-state index in [1.165, 1.54) is 5.56 Å². The molecule has 1 aliphatic rings. The Morgan fingerprint density at radius 1 is 1.10 bits per heavy atom. The number of amides is 1. The number of hydrogen-bond acceptors (Lipinski definition) is 6. The Morgan fingerprint density at radius 3 is 2.50 bits per heavy atom. The molecule has 30 heavy (non-hydrogen) atoms. The van der Waals surface area contributed by atoms with Crippen molar-refractivity contribution >= 4 is 17.7 Å². The van der Waals surface area contributed by atoms with E-state index in [9.17, 15) is 4.79 Å². The van der Waals surface area contributed by atoms with Crippen LogP contribution in [0.2, 0.25) is 0 Å². The molecule has 154 valence electrons. The molecule has 4 rings (SSSR count). The Hall–Kier alpha value is -3.61. The lowest BCUT2D eigenvalue weighted by Crippen LogP contribution is -2.25. The first-order valence-electron chi connectivity index (χ1n) is 10.0. The molecule has 4 N–H and O–H groups in total. The Bertz CT molecular complexity index is 1010. The number of anilines is 2. The summed E-state index contributed by atoms with van der Waals surface area (Å²) in [6, 6.07) is 17.6. The molecule has 0 unspecified atom stereocenters. The van der Waals surface area contributed by atoms with Crippen LogP contribution in [0.3, 0.4) is 0 Å². The maximum Gasteiger partial charge on any atom is 0.251 e. The van der Waals surface area contributed by atoms with Crippen LogP contribution in [0.1, 0.15) is 28.8 Å². The second-order valence-corrected chi connectivity index (χ2v) is 7.35. The summed E-state index contributed by atoms with van der Waals surface area (Å²) in [7, 11) is 1.66. The topological polar surface area (TPSA) is 102 Å². The van der Waals surface area contributed by atoms with E-state index in [-0.39, 0.29) is 11.9 Å². The number of aromatic nitrogens is 2. The van der Waals surface area contributed by atoms with Crippen molar-refractivity contribution in [2.24, 2.45) is 0 Å². The monoisotopic (exact) mass is 403 g/mol. The summed E-state index contributed by atoms with van der Waals surface area (Å²) in [4.78, 5) is 20.8. The summed E-state index contributed by atoms with van der Waals surface area (Å²) in [5, 5.41) is 6.29. The summed E-state index contributed by atoms with van der Waals surface area (Å²) in [5.41, 5.74) is 9.35. The van der Waals surface area contributed by atoms with E-state index in [2.05, 4.69) is 20.6 Å². The average Bonchev–Trinajstić information content (AvgIpc) is 3.58. The van der Waals surface area contributed by atoms with E-state index in [0.29, 0.717) is 29.7 Å². The lowest BCUT2D eigenvalue weighted by Gasteiger charge is -2.10. The molecular weight excluding hydrogens is 378 g/mol. The standard InChI is InChI=1S/C23H25N5O2/c1-30-19-10-2-15(3-11-19)12-13-25-21-14-20(27-23(24)28-21)16-4-6-17(7-5-16)22(29)26-18-8-9-18/h2-7,10-11,14,18H,8-9,12-13H2,1H3,(H,26,29)(H3,24,25,27,28). The lowest BCUT2D eigenvalue weighted by molar-refractivity contribution is 0.0951. The fourth-order valence-electron chi connectivity index (χ4n) is 3.12. The van der Waals surface area contributed by atoms with Gasteiger partial charge in [-0.3, -0.25) is 4.79 Å². The van der Waals surface area contributed by atoms with Crippen LogP contribution in [-0.4, -0.2) is 35.6 Å². The first-order chi connectivity index (χ1) is 14.6. The Labute approximate surface area is 175 Å². The average molecular weight is 403 g/mol. The number of methoxy groups -OCH3 is 1. The molecule has 0 saturated heterocycles. The largest absolute Gasteiger partial charge is 0.497 e. The third-order valence-corrected chi connectivity index (χ3v) is 4.98. The number of nitrogen functional groups attached to an aromatic ring is 1. The second-order valence-electron chi connectivity index (χ2n) is 7.35. The third kappa shape index (κ3) is 5.05.